The molecule has 2 N–H and O–H groups in total. The lowest BCUT2D eigenvalue weighted by Gasteiger charge is -2.04. The lowest BCUT2D eigenvalue weighted by atomic mass is 10.2. The van der Waals surface area contributed by atoms with Crippen LogP contribution in [-0.2, 0) is 4.79 Å². The third-order valence-electron chi connectivity index (χ3n) is 2.49. The molecule has 0 saturated carbocycles. The number of nitrogens with one attached hydrogen (secondary N) is 1. The molecule has 0 aliphatic heterocycles. The smallest absolute Gasteiger partial charge is 0.328 e. The molecule has 0 bridgehead atoms. The molecule has 0 aliphatic carbocycles. The molecule has 4 nitrogen and oxygen atoms in total. The van der Waals surface area contributed by atoms with Gasteiger partial charge in [-0.05, 0) is 61.7 Å². The number of hydrogen-bond acceptors (Lipinski definition) is 3. The number of carboxylic acid groups (broad SMARTS) is 1. The van der Waals surface area contributed by atoms with Gasteiger partial charge in [-0.25, -0.2) is 4.79 Å². The summed E-state index contributed by atoms with van der Waals surface area (Å²) >= 11 is 8.10. The van der Waals surface area contributed by atoms with Gasteiger partial charge in [-0.2, -0.15) is 0 Å². The third-order valence-corrected chi connectivity index (χ3v) is 4.83. The summed E-state index contributed by atoms with van der Waals surface area (Å²) in [6, 6.07) is 8.64. The first-order valence-electron chi connectivity index (χ1n) is 5.73. The summed E-state index contributed by atoms with van der Waals surface area (Å²) in [7, 11) is 0. The minimum absolute atomic E-state index is 0.211. The van der Waals surface area contributed by atoms with E-state index in [0.717, 1.165) is 19.2 Å². The fourth-order valence-corrected chi connectivity index (χ4v) is 4.33. The molecular formula is C14H9Br2NO3S. The average molecular weight is 431 g/mol. The van der Waals surface area contributed by atoms with Crippen molar-refractivity contribution in [3.8, 4) is 0 Å². The minimum atomic E-state index is -1.000. The first-order valence-corrected chi connectivity index (χ1v) is 8.13. The molecule has 1 aromatic heterocycles. The number of amides is 1. The van der Waals surface area contributed by atoms with E-state index in [1.165, 1.54) is 17.4 Å². The van der Waals surface area contributed by atoms with Gasteiger partial charge in [0.25, 0.3) is 5.91 Å². The van der Waals surface area contributed by atoms with Gasteiger partial charge in [0.1, 0.15) is 0 Å². The molecule has 1 amide bonds. The predicted octanol–water partition coefficient (Wildman–Crippen LogP) is 4.62. The number of aliphatic carboxylic acids is 1. The largest absolute Gasteiger partial charge is 0.478 e. The molecule has 0 fully saturated rings. The molecule has 1 aromatic carbocycles. The van der Waals surface area contributed by atoms with Crippen molar-refractivity contribution >= 4 is 66.8 Å². The Bertz CT molecular complexity index is 708. The number of anilines is 1. The van der Waals surface area contributed by atoms with Crippen molar-refractivity contribution < 1.29 is 14.7 Å². The summed E-state index contributed by atoms with van der Waals surface area (Å²) in [5.74, 6) is -1.21. The summed E-state index contributed by atoms with van der Waals surface area (Å²) < 4.78 is 1.63. The van der Waals surface area contributed by atoms with E-state index in [1.54, 1.807) is 30.3 Å². The predicted molar refractivity (Wildman–Crippen MR) is 90.8 cm³/mol. The maximum Gasteiger partial charge on any atom is 0.328 e. The van der Waals surface area contributed by atoms with E-state index in [4.69, 9.17) is 5.11 Å². The van der Waals surface area contributed by atoms with Crippen LogP contribution in [0, 0.1) is 0 Å². The summed E-state index contributed by atoms with van der Waals surface area (Å²) in [5, 5.41) is 11.3. The molecule has 0 unspecified atom stereocenters. The Hall–Kier alpha value is -1.44. The SMILES string of the molecule is O=C(O)/C=C/c1ccc(NC(=O)c2cc(Br)sc2Br)cc1. The molecule has 2 rings (SSSR count). The van der Waals surface area contributed by atoms with Crippen LogP contribution in [0.1, 0.15) is 15.9 Å². The minimum Gasteiger partial charge on any atom is -0.478 e. The van der Waals surface area contributed by atoms with Gasteiger partial charge in [-0.15, -0.1) is 11.3 Å². The summed E-state index contributed by atoms with van der Waals surface area (Å²) in [6.07, 6.45) is 2.55. The van der Waals surface area contributed by atoms with Crippen LogP contribution in [0.5, 0.6) is 0 Å². The number of thiophene rings is 1. The van der Waals surface area contributed by atoms with E-state index < -0.39 is 5.97 Å². The molecule has 0 saturated heterocycles. The van der Waals surface area contributed by atoms with Crippen LogP contribution in [0.4, 0.5) is 5.69 Å². The Kier molecular flexibility index (Phi) is 5.33. The zero-order valence-corrected chi connectivity index (χ0v) is 14.5. The standard InChI is InChI=1S/C14H9Br2NO3S/c15-11-7-10(13(16)21-11)14(20)17-9-4-1-8(2-5-9)3-6-12(18)19/h1-7H,(H,17,20)(H,18,19)/b6-3+. The van der Waals surface area contributed by atoms with Crippen molar-refractivity contribution in [1.29, 1.82) is 0 Å². The van der Waals surface area contributed by atoms with E-state index >= 15 is 0 Å². The zero-order chi connectivity index (χ0) is 15.4. The number of rotatable bonds is 4. The van der Waals surface area contributed by atoms with Crippen molar-refractivity contribution in [2.75, 3.05) is 5.32 Å². The van der Waals surface area contributed by atoms with Crippen LogP contribution < -0.4 is 5.32 Å². The molecule has 21 heavy (non-hydrogen) atoms. The lowest BCUT2D eigenvalue weighted by Crippen LogP contribution is -2.11. The van der Waals surface area contributed by atoms with Crippen LogP contribution in [0.15, 0.2) is 44.0 Å². The molecule has 0 radical (unpaired) electrons. The number of carbonyl (C=O) groups excluding carboxylic acids is 1. The van der Waals surface area contributed by atoms with E-state index in [2.05, 4.69) is 37.2 Å². The molecule has 2 aromatic rings. The van der Waals surface area contributed by atoms with Crippen molar-refractivity contribution in [2.45, 2.75) is 0 Å². The number of benzene rings is 1. The van der Waals surface area contributed by atoms with Crippen LogP contribution in [0.25, 0.3) is 6.08 Å². The van der Waals surface area contributed by atoms with E-state index in [9.17, 15) is 9.59 Å². The first-order chi connectivity index (χ1) is 9.95. The van der Waals surface area contributed by atoms with Crippen molar-refractivity contribution in [2.24, 2.45) is 0 Å². The van der Waals surface area contributed by atoms with Crippen LogP contribution in [0.2, 0.25) is 0 Å². The highest BCUT2D eigenvalue weighted by atomic mass is 79.9. The highest BCUT2D eigenvalue weighted by molar-refractivity contribution is 9.12. The monoisotopic (exact) mass is 429 g/mol. The third kappa shape index (κ3) is 4.52. The Balaban J connectivity index is 2.08. The molecule has 0 aliphatic rings. The lowest BCUT2D eigenvalue weighted by molar-refractivity contribution is -0.131. The molecule has 0 atom stereocenters. The first kappa shape index (κ1) is 15.9. The van der Waals surface area contributed by atoms with Crippen LogP contribution in [0.3, 0.4) is 0 Å². The van der Waals surface area contributed by atoms with Crippen LogP contribution >= 0.6 is 43.2 Å². The van der Waals surface area contributed by atoms with Gasteiger partial charge < -0.3 is 10.4 Å². The normalized spacial score (nSPS) is 10.8. The topological polar surface area (TPSA) is 66.4 Å². The molecular weight excluding hydrogens is 422 g/mol. The van der Waals surface area contributed by atoms with Gasteiger partial charge in [0, 0.05) is 11.8 Å². The van der Waals surface area contributed by atoms with Crippen molar-refractivity contribution in [3.63, 3.8) is 0 Å². The van der Waals surface area contributed by atoms with E-state index in [-0.39, 0.29) is 5.91 Å². The Morgan fingerprint density at radius 2 is 1.86 bits per heavy atom. The van der Waals surface area contributed by atoms with Gasteiger partial charge in [0.2, 0.25) is 0 Å². The quantitative estimate of drug-likeness (QED) is 0.695. The maximum atomic E-state index is 12.1. The molecule has 108 valence electrons. The summed E-state index contributed by atoms with van der Waals surface area (Å²) in [6.45, 7) is 0. The number of carboxylic acids is 1. The molecule has 7 heteroatoms. The Morgan fingerprint density at radius 1 is 1.19 bits per heavy atom. The van der Waals surface area contributed by atoms with Gasteiger partial charge in [-0.3, -0.25) is 4.79 Å². The number of carbonyl (C=O) groups is 2. The molecule has 0 spiro atoms. The van der Waals surface area contributed by atoms with Gasteiger partial charge in [0.05, 0.1) is 13.1 Å². The highest BCUT2D eigenvalue weighted by Crippen LogP contribution is 2.32. The van der Waals surface area contributed by atoms with Crippen LogP contribution in [-0.4, -0.2) is 17.0 Å². The van der Waals surface area contributed by atoms with Crippen molar-refractivity contribution in [1.82, 2.24) is 0 Å². The van der Waals surface area contributed by atoms with Gasteiger partial charge in [-0.1, -0.05) is 12.1 Å². The summed E-state index contributed by atoms with van der Waals surface area (Å²) in [4.78, 5) is 22.5. The fourth-order valence-electron chi connectivity index (χ4n) is 1.54. The fraction of sp³-hybridized carbons (Fsp3) is 0. The van der Waals surface area contributed by atoms with E-state index in [0.29, 0.717) is 11.3 Å². The van der Waals surface area contributed by atoms with Gasteiger partial charge >= 0.3 is 5.97 Å². The highest BCUT2D eigenvalue weighted by Gasteiger charge is 2.13. The van der Waals surface area contributed by atoms with E-state index in [1.807, 2.05) is 0 Å². The summed E-state index contributed by atoms with van der Waals surface area (Å²) in [5.41, 5.74) is 1.94. The Labute approximate surface area is 141 Å². The maximum absolute atomic E-state index is 12.1. The second kappa shape index (κ2) is 7.02. The molecule has 1 heterocycles. The average Bonchev–Trinajstić information content (AvgIpc) is 2.77. The second-order valence-electron chi connectivity index (χ2n) is 3.99. The number of hydrogen-bond donors (Lipinski definition) is 2. The second-order valence-corrected chi connectivity index (χ2v) is 7.73. The van der Waals surface area contributed by atoms with Gasteiger partial charge in [0.15, 0.2) is 0 Å². The zero-order valence-electron chi connectivity index (χ0n) is 10.5. The Morgan fingerprint density at radius 3 is 2.38 bits per heavy atom. The number of halogens is 2. The van der Waals surface area contributed by atoms with Crippen molar-refractivity contribution in [3.05, 3.63) is 55.1 Å².